The Morgan fingerprint density at radius 3 is 2.30 bits per heavy atom. The number of aromatic nitrogens is 1. The summed E-state index contributed by atoms with van der Waals surface area (Å²) in [5, 5.41) is 0.610. The summed E-state index contributed by atoms with van der Waals surface area (Å²) in [5.74, 6) is -3.84. The normalized spacial score (nSPS) is 32.0. The van der Waals surface area contributed by atoms with Crippen LogP contribution in [0.1, 0.15) is 28.3 Å². The first kappa shape index (κ1) is 23.2. The van der Waals surface area contributed by atoms with Crippen molar-refractivity contribution in [2.24, 2.45) is 29.6 Å². The van der Waals surface area contributed by atoms with Crippen LogP contribution in [0.3, 0.4) is 0 Å². The van der Waals surface area contributed by atoms with E-state index in [9.17, 15) is 31.9 Å². The van der Waals surface area contributed by atoms with E-state index in [0.717, 1.165) is 32.7 Å². The highest BCUT2D eigenvalue weighted by atomic mass is 32.2. The van der Waals surface area contributed by atoms with E-state index in [0.29, 0.717) is 11.4 Å². The predicted octanol–water partition coefficient (Wildman–Crippen LogP) is 5.27. The van der Waals surface area contributed by atoms with Gasteiger partial charge in [-0.15, -0.1) is 11.8 Å². The maximum atomic E-state index is 13.8. The SMILES string of the molecule is O=C1C2C3CC(C2C(=O)N1c1ccccc1C(F)(F)F)C1C3Sc2[nH]c(=O)sc2[C@@H]1c1ccc(F)cc1. The molecule has 2 aromatic carbocycles. The average molecular weight is 547 g/mol. The van der Waals surface area contributed by atoms with Crippen LogP contribution in [0.25, 0.3) is 0 Å². The molecule has 1 saturated heterocycles. The Bertz CT molecular complexity index is 1510. The third kappa shape index (κ3) is 3.19. The molecule has 0 radical (unpaired) electrons. The Morgan fingerprint density at radius 1 is 0.919 bits per heavy atom. The summed E-state index contributed by atoms with van der Waals surface area (Å²) in [6.07, 6.45) is -4.10. The summed E-state index contributed by atoms with van der Waals surface area (Å²) in [6, 6.07) is 10.8. The lowest BCUT2D eigenvalue weighted by Crippen LogP contribution is -2.42. The number of hydrogen-bond donors (Lipinski definition) is 1. The second-order valence-electron chi connectivity index (χ2n) is 10.0. The van der Waals surface area contributed by atoms with Gasteiger partial charge in [0.15, 0.2) is 0 Å². The van der Waals surface area contributed by atoms with Crippen LogP contribution in [0.15, 0.2) is 58.4 Å². The third-order valence-corrected chi connectivity index (χ3v) is 11.0. The lowest BCUT2D eigenvalue weighted by Gasteiger charge is -2.43. The lowest BCUT2D eigenvalue weighted by molar-refractivity contribution is -0.137. The molecule has 2 saturated carbocycles. The number of nitrogens with one attached hydrogen (secondary N) is 1. The second kappa shape index (κ2) is 7.80. The number of aromatic amines is 1. The summed E-state index contributed by atoms with van der Waals surface area (Å²) in [4.78, 5) is 43.8. The number of alkyl halides is 3. The van der Waals surface area contributed by atoms with Gasteiger partial charge in [0.25, 0.3) is 0 Å². The number of thioether (sulfide) groups is 1. The number of thiazole rings is 1. The first-order valence-corrected chi connectivity index (χ1v) is 13.5. The molecule has 190 valence electrons. The third-order valence-electron chi connectivity index (χ3n) is 8.40. The minimum Gasteiger partial charge on any atom is -0.307 e. The van der Waals surface area contributed by atoms with Gasteiger partial charge >= 0.3 is 11.0 Å². The quantitative estimate of drug-likeness (QED) is 0.351. The molecule has 2 amide bonds. The van der Waals surface area contributed by atoms with Gasteiger partial charge in [-0.05, 0) is 54.0 Å². The summed E-state index contributed by atoms with van der Waals surface area (Å²) >= 11 is 2.58. The molecule has 37 heavy (non-hydrogen) atoms. The zero-order valence-corrected chi connectivity index (χ0v) is 20.5. The maximum absolute atomic E-state index is 13.8. The van der Waals surface area contributed by atoms with Crippen LogP contribution < -0.4 is 9.77 Å². The highest BCUT2D eigenvalue weighted by molar-refractivity contribution is 8.00. The van der Waals surface area contributed by atoms with Gasteiger partial charge in [-0.25, -0.2) is 9.29 Å². The molecule has 2 aliphatic carbocycles. The fraction of sp³-hybridized carbons (Fsp3) is 0.346. The molecular formula is C26H18F4N2O3S2. The molecule has 3 aromatic rings. The van der Waals surface area contributed by atoms with Gasteiger partial charge in [-0.2, -0.15) is 13.2 Å². The van der Waals surface area contributed by atoms with E-state index >= 15 is 0 Å². The molecule has 4 aliphatic rings. The summed E-state index contributed by atoms with van der Waals surface area (Å²) in [6.45, 7) is 0. The van der Waals surface area contributed by atoms with E-state index in [1.807, 2.05) is 0 Å². The number of benzene rings is 2. The van der Waals surface area contributed by atoms with Gasteiger partial charge in [-0.3, -0.25) is 14.4 Å². The Morgan fingerprint density at radius 2 is 1.59 bits per heavy atom. The average Bonchev–Trinajstić information content (AvgIpc) is 3.58. The topological polar surface area (TPSA) is 70.2 Å². The van der Waals surface area contributed by atoms with Gasteiger partial charge in [-0.1, -0.05) is 35.6 Å². The fourth-order valence-electron chi connectivity index (χ4n) is 7.21. The van der Waals surface area contributed by atoms with Gasteiger partial charge in [0.05, 0.1) is 28.1 Å². The summed E-state index contributed by atoms with van der Waals surface area (Å²) in [7, 11) is 0. The van der Waals surface area contributed by atoms with Crippen molar-refractivity contribution in [1.29, 1.82) is 0 Å². The first-order valence-electron chi connectivity index (χ1n) is 11.8. The molecule has 3 fully saturated rings. The number of carbonyl (C=O) groups is 2. The van der Waals surface area contributed by atoms with Crippen LogP contribution in [-0.4, -0.2) is 22.0 Å². The van der Waals surface area contributed by atoms with E-state index in [1.54, 1.807) is 12.1 Å². The largest absolute Gasteiger partial charge is 0.418 e. The van der Waals surface area contributed by atoms with Crippen molar-refractivity contribution < 1.29 is 27.2 Å². The van der Waals surface area contributed by atoms with Crippen LogP contribution >= 0.6 is 23.1 Å². The van der Waals surface area contributed by atoms with Crippen LogP contribution in [0, 0.1) is 35.4 Å². The van der Waals surface area contributed by atoms with Crippen LogP contribution in [0.4, 0.5) is 23.2 Å². The molecule has 5 nitrogen and oxygen atoms in total. The minimum absolute atomic E-state index is 0.103. The molecule has 7 atom stereocenters. The van der Waals surface area contributed by atoms with Crippen molar-refractivity contribution in [2.75, 3.05) is 4.90 Å². The van der Waals surface area contributed by atoms with E-state index in [-0.39, 0.29) is 33.8 Å². The van der Waals surface area contributed by atoms with Crippen LogP contribution in [-0.2, 0) is 15.8 Å². The zero-order valence-electron chi connectivity index (χ0n) is 18.9. The number of anilines is 1. The Kier molecular flexibility index (Phi) is 4.89. The maximum Gasteiger partial charge on any atom is 0.418 e. The number of carbonyl (C=O) groups excluding carboxylic acids is 2. The molecule has 6 unspecified atom stereocenters. The fourth-order valence-corrected chi connectivity index (χ4v) is 10.1. The number of hydrogen-bond acceptors (Lipinski definition) is 5. The van der Waals surface area contributed by atoms with Crippen molar-refractivity contribution in [3.05, 3.63) is 80.0 Å². The van der Waals surface area contributed by atoms with Crippen LogP contribution in [0.2, 0.25) is 0 Å². The molecule has 1 aromatic heterocycles. The molecule has 11 heteroatoms. The summed E-state index contributed by atoms with van der Waals surface area (Å²) < 4.78 is 55.0. The van der Waals surface area contributed by atoms with E-state index in [4.69, 9.17) is 0 Å². The van der Waals surface area contributed by atoms with Gasteiger partial charge in [0.2, 0.25) is 11.8 Å². The highest BCUT2D eigenvalue weighted by Crippen LogP contribution is 2.68. The Hall–Kier alpha value is -2.92. The zero-order chi connectivity index (χ0) is 25.8. The minimum atomic E-state index is -4.72. The Balaban J connectivity index is 1.32. The monoisotopic (exact) mass is 546 g/mol. The van der Waals surface area contributed by atoms with E-state index in [1.165, 1.54) is 42.1 Å². The molecule has 2 bridgehead atoms. The van der Waals surface area contributed by atoms with Gasteiger partial charge in [0, 0.05) is 16.0 Å². The van der Waals surface area contributed by atoms with E-state index < -0.39 is 46.9 Å². The van der Waals surface area contributed by atoms with Crippen molar-refractivity contribution in [3.63, 3.8) is 0 Å². The van der Waals surface area contributed by atoms with Crippen molar-refractivity contribution in [1.82, 2.24) is 4.98 Å². The molecule has 2 aliphatic heterocycles. The second-order valence-corrected chi connectivity index (χ2v) is 12.2. The molecule has 0 spiro atoms. The number of halogens is 4. The first-order chi connectivity index (χ1) is 17.6. The standard InChI is InChI=1S/C26H18F4N2O3S2/c27-11-7-5-10(6-8-11)16-17-12-9-13(20(17)36-22-21(16)37-25(35)31-22)19-18(12)23(33)32(24(19)34)15-4-2-1-3-14(15)26(28,29)30/h1-8,12-13,16-20H,9H2,(H,31,35)/t12?,13?,16-,17?,18?,19?,20?/m1/s1. The van der Waals surface area contributed by atoms with Gasteiger partial charge in [0.1, 0.15) is 5.82 Å². The number of para-hydroxylation sites is 1. The number of nitrogens with zero attached hydrogens (tertiary/aromatic N) is 1. The molecule has 7 rings (SSSR count). The Labute approximate surface area is 215 Å². The lowest BCUT2D eigenvalue weighted by atomic mass is 9.68. The van der Waals surface area contributed by atoms with Crippen molar-refractivity contribution >= 4 is 40.6 Å². The van der Waals surface area contributed by atoms with E-state index in [2.05, 4.69) is 4.98 Å². The highest BCUT2D eigenvalue weighted by Gasteiger charge is 2.70. The number of fused-ring (bicyclic) bond motifs is 9. The smallest absolute Gasteiger partial charge is 0.307 e. The molecular weight excluding hydrogens is 528 g/mol. The number of imide groups is 1. The molecule has 3 heterocycles. The predicted molar refractivity (Wildman–Crippen MR) is 129 cm³/mol. The van der Waals surface area contributed by atoms with Gasteiger partial charge < -0.3 is 4.98 Å². The number of amides is 2. The van der Waals surface area contributed by atoms with Crippen molar-refractivity contribution in [3.8, 4) is 0 Å². The van der Waals surface area contributed by atoms with Crippen molar-refractivity contribution in [2.45, 2.75) is 28.8 Å². The molecule has 1 N–H and O–H groups in total. The summed E-state index contributed by atoms with van der Waals surface area (Å²) in [5.41, 5.74) is -0.624. The van der Waals surface area contributed by atoms with Crippen LogP contribution in [0.5, 0.6) is 0 Å². The number of rotatable bonds is 2. The number of H-pyrrole nitrogens is 1.